The topological polar surface area (TPSA) is 81.2 Å². The van der Waals surface area contributed by atoms with E-state index in [1.807, 2.05) is 6.92 Å². The van der Waals surface area contributed by atoms with Gasteiger partial charge in [0.15, 0.2) is 5.03 Å². The first kappa shape index (κ1) is 14.8. The van der Waals surface area contributed by atoms with Crippen molar-refractivity contribution in [3.8, 4) is 0 Å². The molecule has 2 N–H and O–H groups in total. The summed E-state index contributed by atoms with van der Waals surface area (Å²) in [5, 5.41) is 4.09. The van der Waals surface area contributed by atoms with Crippen LogP contribution in [0.2, 0.25) is 5.02 Å². The number of sulfonamides is 1. The first-order valence-corrected chi connectivity index (χ1v) is 8.12. The highest BCUT2D eigenvalue weighted by Crippen LogP contribution is 2.29. The van der Waals surface area contributed by atoms with Gasteiger partial charge in [-0.25, -0.2) is 8.42 Å². The molecule has 0 aliphatic carbocycles. The van der Waals surface area contributed by atoms with Gasteiger partial charge in [-0.3, -0.25) is 4.68 Å². The normalized spacial score (nSPS) is 23.5. The van der Waals surface area contributed by atoms with Crippen molar-refractivity contribution in [2.75, 3.05) is 6.54 Å². The molecule has 8 heteroatoms. The molecule has 1 aromatic heterocycles. The molecule has 0 amide bonds. The Morgan fingerprint density at radius 1 is 1.53 bits per heavy atom. The Labute approximate surface area is 118 Å². The van der Waals surface area contributed by atoms with Crippen molar-refractivity contribution >= 4 is 21.6 Å². The lowest BCUT2D eigenvalue weighted by molar-refractivity contribution is 0.226. The number of hydrogen-bond donors (Lipinski definition) is 1. The molecule has 1 aliphatic heterocycles. The van der Waals surface area contributed by atoms with Crippen molar-refractivity contribution in [3.05, 3.63) is 11.2 Å². The first-order chi connectivity index (χ1) is 8.85. The Balaban J connectivity index is 2.43. The number of hydrogen-bond acceptors (Lipinski definition) is 4. The third kappa shape index (κ3) is 2.65. The minimum absolute atomic E-state index is 0.0433. The van der Waals surface area contributed by atoms with Gasteiger partial charge in [-0.1, -0.05) is 18.0 Å². The van der Waals surface area contributed by atoms with Crippen LogP contribution in [0.1, 0.15) is 26.2 Å². The van der Waals surface area contributed by atoms with Gasteiger partial charge in [0.1, 0.15) is 0 Å². The molecule has 2 unspecified atom stereocenters. The molecule has 6 nitrogen and oxygen atoms in total. The van der Waals surface area contributed by atoms with E-state index in [1.165, 1.54) is 15.2 Å². The van der Waals surface area contributed by atoms with Gasteiger partial charge in [0.2, 0.25) is 0 Å². The van der Waals surface area contributed by atoms with Crippen LogP contribution in [0.3, 0.4) is 0 Å². The molecule has 1 saturated heterocycles. The van der Waals surface area contributed by atoms with E-state index >= 15 is 0 Å². The highest BCUT2D eigenvalue weighted by Gasteiger charge is 2.38. The predicted molar refractivity (Wildman–Crippen MR) is 73.4 cm³/mol. The van der Waals surface area contributed by atoms with Crippen molar-refractivity contribution in [1.82, 2.24) is 14.1 Å². The largest absolute Gasteiger partial charge is 0.326 e. The zero-order valence-corrected chi connectivity index (χ0v) is 12.7. The van der Waals surface area contributed by atoms with Crippen molar-refractivity contribution < 1.29 is 8.42 Å². The molecule has 0 bridgehead atoms. The summed E-state index contributed by atoms with van der Waals surface area (Å²) >= 11 is 5.96. The maximum atomic E-state index is 12.7. The maximum absolute atomic E-state index is 12.7. The summed E-state index contributed by atoms with van der Waals surface area (Å²) in [4.78, 5) is 0. The lowest BCUT2D eigenvalue weighted by atomic mass is 10.00. The first-order valence-electron chi connectivity index (χ1n) is 6.30. The summed E-state index contributed by atoms with van der Waals surface area (Å²) in [6.07, 6.45) is 3.97. The fraction of sp³-hybridized carbons (Fsp3) is 0.727. The summed E-state index contributed by atoms with van der Waals surface area (Å²) in [6, 6.07) is -0.383. The molecule has 1 aromatic rings. The fourth-order valence-electron chi connectivity index (χ4n) is 2.56. The number of piperidine rings is 1. The average Bonchev–Trinajstić information content (AvgIpc) is 2.69. The predicted octanol–water partition coefficient (Wildman–Crippen LogP) is 0.964. The van der Waals surface area contributed by atoms with Crippen LogP contribution in [0, 0.1) is 0 Å². The third-order valence-corrected chi connectivity index (χ3v) is 5.93. The van der Waals surface area contributed by atoms with Gasteiger partial charge in [0, 0.05) is 25.7 Å². The second kappa shape index (κ2) is 5.40. The van der Waals surface area contributed by atoms with E-state index in [1.54, 1.807) is 7.05 Å². The number of nitrogens with zero attached hydrogens (tertiary/aromatic N) is 3. The van der Waals surface area contributed by atoms with E-state index in [4.69, 9.17) is 17.3 Å². The lowest BCUT2D eigenvalue weighted by Crippen LogP contribution is -2.51. The summed E-state index contributed by atoms with van der Waals surface area (Å²) in [6.45, 7) is 2.32. The van der Waals surface area contributed by atoms with Crippen molar-refractivity contribution in [2.45, 2.75) is 43.3 Å². The smallest absolute Gasteiger partial charge is 0.262 e. The molecule has 0 radical (unpaired) electrons. The van der Waals surface area contributed by atoms with Gasteiger partial charge in [0.25, 0.3) is 10.0 Å². The zero-order valence-electron chi connectivity index (χ0n) is 11.1. The van der Waals surface area contributed by atoms with Crippen LogP contribution in [0.25, 0.3) is 0 Å². The number of rotatable bonds is 3. The van der Waals surface area contributed by atoms with Crippen LogP contribution in [-0.2, 0) is 17.1 Å². The van der Waals surface area contributed by atoms with Crippen molar-refractivity contribution in [3.63, 3.8) is 0 Å². The Hall–Kier alpha value is -0.630. The molecule has 1 fully saturated rings. The molecule has 2 atom stereocenters. The van der Waals surface area contributed by atoms with Crippen LogP contribution in [-0.4, -0.2) is 41.1 Å². The van der Waals surface area contributed by atoms with Gasteiger partial charge in [0.05, 0.1) is 11.2 Å². The van der Waals surface area contributed by atoms with E-state index < -0.39 is 10.0 Å². The lowest BCUT2D eigenvalue weighted by Gasteiger charge is -2.36. The monoisotopic (exact) mass is 306 g/mol. The summed E-state index contributed by atoms with van der Waals surface area (Å²) in [5.41, 5.74) is 5.92. The Morgan fingerprint density at radius 2 is 2.21 bits per heavy atom. The van der Waals surface area contributed by atoms with Crippen molar-refractivity contribution in [1.29, 1.82) is 0 Å². The molecule has 0 spiro atoms. The highest BCUT2D eigenvalue weighted by atomic mass is 35.5. The molecular formula is C11H19ClN4O2S. The van der Waals surface area contributed by atoms with Crippen LogP contribution in [0.4, 0.5) is 0 Å². The Bertz CT molecular complexity index is 536. The van der Waals surface area contributed by atoms with E-state index in [0.717, 1.165) is 19.3 Å². The molecule has 2 heterocycles. The third-order valence-electron chi connectivity index (χ3n) is 3.50. The minimum atomic E-state index is -3.65. The molecular weight excluding hydrogens is 288 g/mol. The average molecular weight is 307 g/mol. The maximum Gasteiger partial charge on any atom is 0.262 e. The second-order valence-corrected chi connectivity index (χ2v) is 7.17. The fourth-order valence-corrected chi connectivity index (χ4v) is 4.94. The van der Waals surface area contributed by atoms with Crippen LogP contribution in [0.5, 0.6) is 0 Å². The molecule has 19 heavy (non-hydrogen) atoms. The number of nitrogens with two attached hydrogens (primary N) is 1. The molecule has 1 aliphatic rings. The Kier molecular flexibility index (Phi) is 4.20. The van der Waals surface area contributed by atoms with Gasteiger partial charge >= 0.3 is 0 Å². The Morgan fingerprint density at radius 3 is 2.74 bits per heavy atom. The second-order valence-electron chi connectivity index (χ2n) is 4.96. The molecule has 2 rings (SSSR count). The molecule has 108 valence electrons. The van der Waals surface area contributed by atoms with Gasteiger partial charge in [-0.05, 0) is 19.8 Å². The summed E-state index contributed by atoms with van der Waals surface area (Å²) < 4.78 is 28.2. The number of halogens is 1. The quantitative estimate of drug-likeness (QED) is 0.902. The molecule has 0 aromatic carbocycles. The van der Waals surface area contributed by atoms with Crippen LogP contribution >= 0.6 is 11.6 Å². The highest BCUT2D eigenvalue weighted by molar-refractivity contribution is 7.89. The van der Waals surface area contributed by atoms with Gasteiger partial charge in [-0.2, -0.15) is 9.40 Å². The van der Waals surface area contributed by atoms with Gasteiger partial charge in [-0.15, -0.1) is 0 Å². The number of aryl methyl sites for hydroxylation is 1. The minimum Gasteiger partial charge on any atom is -0.326 e. The standard InChI is InChI=1S/C11H19ClN4O2S/c1-8(13)10-5-3-4-6-16(10)19(17,18)11-9(12)7-14-15(11)2/h7-8,10H,3-6,13H2,1-2H3. The molecule has 0 saturated carbocycles. The van der Waals surface area contributed by atoms with E-state index in [9.17, 15) is 8.42 Å². The van der Waals surface area contributed by atoms with Crippen LogP contribution < -0.4 is 5.73 Å². The van der Waals surface area contributed by atoms with E-state index in [2.05, 4.69) is 5.10 Å². The van der Waals surface area contributed by atoms with Crippen LogP contribution in [0.15, 0.2) is 11.2 Å². The van der Waals surface area contributed by atoms with E-state index in [-0.39, 0.29) is 22.1 Å². The number of aromatic nitrogens is 2. The van der Waals surface area contributed by atoms with E-state index in [0.29, 0.717) is 6.54 Å². The zero-order chi connectivity index (χ0) is 14.2. The van der Waals surface area contributed by atoms with Gasteiger partial charge < -0.3 is 5.73 Å². The SMILES string of the molecule is CC(N)C1CCCCN1S(=O)(=O)c1c(Cl)cnn1C. The summed E-state index contributed by atoms with van der Waals surface area (Å²) in [7, 11) is -2.08. The van der Waals surface area contributed by atoms with Crippen molar-refractivity contribution in [2.24, 2.45) is 12.8 Å². The summed E-state index contributed by atoms with van der Waals surface area (Å²) in [5.74, 6) is 0.